The van der Waals surface area contributed by atoms with E-state index in [1.165, 1.54) is 0 Å². The lowest BCUT2D eigenvalue weighted by Crippen LogP contribution is -2.40. The van der Waals surface area contributed by atoms with E-state index in [1.54, 1.807) is 0 Å². The van der Waals surface area contributed by atoms with Crippen LogP contribution in [-0.4, -0.2) is 30.2 Å². The van der Waals surface area contributed by atoms with Crippen LogP contribution in [0, 0.1) is 17.8 Å². The van der Waals surface area contributed by atoms with E-state index >= 15 is 0 Å². The first-order chi connectivity index (χ1) is 9.12. The van der Waals surface area contributed by atoms with Gasteiger partial charge in [-0.1, -0.05) is 26.7 Å². The third-order valence-corrected chi connectivity index (χ3v) is 4.63. The molecule has 1 saturated carbocycles. The highest BCUT2D eigenvalue weighted by Crippen LogP contribution is 2.28. The van der Waals surface area contributed by atoms with Crippen LogP contribution in [0.25, 0.3) is 0 Å². The topological polar surface area (TPSA) is 75.3 Å². The van der Waals surface area contributed by atoms with E-state index < -0.39 is 6.10 Å². The van der Waals surface area contributed by atoms with E-state index in [0.29, 0.717) is 12.5 Å². The van der Waals surface area contributed by atoms with Gasteiger partial charge in [-0.15, -0.1) is 0 Å². The fraction of sp³-hybridized carbons (Fsp3) is 0.933. The predicted molar refractivity (Wildman–Crippen MR) is 77.6 cm³/mol. The zero-order chi connectivity index (χ0) is 14.3. The van der Waals surface area contributed by atoms with Gasteiger partial charge in [0, 0.05) is 12.5 Å². The molecule has 1 unspecified atom stereocenters. The maximum Gasteiger partial charge on any atom is 0.223 e. The smallest absolute Gasteiger partial charge is 0.223 e. The van der Waals surface area contributed by atoms with Crippen molar-refractivity contribution < 1.29 is 9.90 Å². The van der Waals surface area contributed by atoms with Gasteiger partial charge in [0.05, 0.1) is 6.10 Å². The molecule has 0 heterocycles. The second-order valence-electron chi connectivity index (χ2n) is 5.84. The maximum absolute atomic E-state index is 12.0. The number of nitrogens with one attached hydrogen (secondary N) is 1. The number of amides is 1. The van der Waals surface area contributed by atoms with Crippen molar-refractivity contribution in [1.82, 2.24) is 5.32 Å². The Morgan fingerprint density at radius 1 is 1.26 bits per heavy atom. The summed E-state index contributed by atoms with van der Waals surface area (Å²) < 4.78 is 0. The van der Waals surface area contributed by atoms with Crippen molar-refractivity contribution >= 4 is 5.91 Å². The van der Waals surface area contributed by atoms with Crippen LogP contribution in [-0.2, 0) is 4.79 Å². The normalized spacial score (nSPS) is 25.3. The molecule has 1 amide bonds. The number of nitrogens with two attached hydrogens (primary N) is 1. The average molecular weight is 270 g/mol. The van der Waals surface area contributed by atoms with Crippen molar-refractivity contribution in [3.05, 3.63) is 0 Å². The molecule has 1 aliphatic carbocycles. The Balaban J connectivity index is 2.28. The maximum atomic E-state index is 12.0. The molecule has 0 saturated heterocycles. The lowest BCUT2D eigenvalue weighted by atomic mass is 9.81. The summed E-state index contributed by atoms with van der Waals surface area (Å²) in [4.78, 5) is 12.0. The van der Waals surface area contributed by atoms with E-state index in [1.807, 2.05) is 0 Å². The Hall–Kier alpha value is -0.610. The number of aliphatic hydroxyl groups excluding tert-OH is 1. The van der Waals surface area contributed by atoms with Crippen molar-refractivity contribution in [2.24, 2.45) is 23.5 Å². The van der Waals surface area contributed by atoms with Gasteiger partial charge in [-0.2, -0.15) is 0 Å². The monoisotopic (exact) mass is 270 g/mol. The zero-order valence-electron chi connectivity index (χ0n) is 12.4. The summed E-state index contributed by atoms with van der Waals surface area (Å²) in [5.41, 5.74) is 5.65. The Morgan fingerprint density at radius 2 is 1.84 bits per heavy atom. The molecular weight excluding hydrogens is 240 g/mol. The van der Waals surface area contributed by atoms with Gasteiger partial charge in [-0.25, -0.2) is 0 Å². The van der Waals surface area contributed by atoms with Crippen LogP contribution in [0.1, 0.15) is 52.4 Å². The van der Waals surface area contributed by atoms with Gasteiger partial charge in [0.25, 0.3) is 0 Å². The van der Waals surface area contributed by atoms with E-state index in [9.17, 15) is 9.90 Å². The highest BCUT2D eigenvalue weighted by molar-refractivity contribution is 5.78. The minimum atomic E-state index is -0.417. The summed E-state index contributed by atoms with van der Waals surface area (Å²) in [6, 6.07) is 0. The molecule has 1 fully saturated rings. The third kappa shape index (κ3) is 5.11. The number of aliphatic hydroxyl groups is 1. The highest BCUT2D eigenvalue weighted by Gasteiger charge is 2.26. The molecule has 1 atom stereocenters. The molecule has 0 bridgehead atoms. The molecule has 112 valence electrons. The molecule has 0 radical (unpaired) electrons. The molecule has 0 aromatic heterocycles. The van der Waals surface area contributed by atoms with Gasteiger partial charge in [0.2, 0.25) is 5.91 Å². The molecular formula is C15H30N2O2. The highest BCUT2D eigenvalue weighted by atomic mass is 16.3. The molecule has 0 spiro atoms. The standard InChI is InChI=1S/C15H30N2O2/c1-3-12(4-2)14(18)10-17-15(19)13-7-5-11(9-16)6-8-13/h11-14,18H,3-10,16H2,1-2H3,(H,17,19). The van der Waals surface area contributed by atoms with E-state index in [4.69, 9.17) is 5.73 Å². The van der Waals surface area contributed by atoms with Crippen LogP contribution in [0.5, 0.6) is 0 Å². The molecule has 0 aromatic rings. The summed E-state index contributed by atoms with van der Waals surface area (Å²) in [5.74, 6) is 1.12. The number of rotatable bonds is 7. The molecule has 0 aromatic carbocycles. The second kappa shape index (κ2) is 8.54. The van der Waals surface area contributed by atoms with E-state index in [-0.39, 0.29) is 17.7 Å². The predicted octanol–water partition coefficient (Wildman–Crippen LogP) is 1.66. The molecule has 1 rings (SSSR count). The van der Waals surface area contributed by atoms with Crippen LogP contribution in [0.15, 0.2) is 0 Å². The lowest BCUT2D eigenvalue weighted by Gasteiger charge is -2.27. The first kappa shape index (κ1) is 16.4. The van der Waals surface area contributed by atoms with Gasteiger partial charge in [-0.3, -0.25) is 4.79 Å². The Bertz CT molecular complexity index is 259. The molecule has 4 heteroatoms. The van der Waals surface area contributed by atoms with Crippen LogP contribution >= 0.6 is 0 Å². The minimum absolute atomic E-state index is 0.112. The average Bonchev–Trinajstić information content (AvgIpc) is 2.46. The van der Waals surface area contributed by atoms with Crippen molar-refractivity contribution in [2.75, 3.05) is 13.1 Å². The van der Waals surface area contributed by atoms with Crippen LogP contribution in [0.4, 0.5) is 0 Å². The molecule has 4 N–H and O–H groups in total. The summed E-state index contributed by atoms with van der Waals surface area (Å²) in [6.07, 6.45) is 5.49. The number of carbonyl (C=O) groups excluding carboxylic acids is 1. The van der Waals surface area contributed by atoms with Gasteiger partial charge < -0.3 is 16.2 Å². The van der Waals surface area contributed by atoms with Crippen molar-refractivity contribution in [3.8, 4) is 0 Å². The Labute approximate surface area is 117 Å². The molecule has 0 aliphatic heterocycles. The quantitative estimate of drug-likeness (QED) is 0.658. The summed E-state index contributed by atoms with van der Waals surface area (Å²) in [6.45, 7) is 5.28. The Morgan fingerprint density at radius 3 is 2.32 bits per heavy atom. The van der Waals surface area contributed by atoms with Crippen molar-refractivity contribution in [2.45, 2.75) is 58.5 Å². The van der Waals surface area contributed by atoms with E-state index in [0.717, 1.165) is 45.1 Å². The minimum Gasteiger partial charge on any atom is -0.391 e. The molecule has 4 nitrogen and oxygen atoms in total. The molecule has 19 heavy (non-hydrogen) atoms. The number of carbonyl (C=O) groups is 1. The fourth-order valence-electron chi connectivity index (χ4n) is 3.01. The lowest BCUT2D eigenvalue weighted by molar-refractivity contribution is -0.126. The van der Waals surface area contributed by atoms with Crippen molar-refractivity contribution in [3.63, 3.8) is 0 Å². The molecule has 1 aliphatic rings. The Kier molecular flexibility index (Phi) is 7.39. The largest absolute Gasteiger partial charge is 0.391 e. The van der Waals surface area contributed by atoms with E-state index in [2.05, 4.69) is 19.2 Å². The SMILES string of the molecule is CCC(CC)C(O)CNC(=O)C1CCC(CN)CC1. The van der Waals surface area contributed by atoms with Crippen LogP contribution in [0.3, 0.4) is 0 Å². The van der Waals surface area contributed by atoms with Gasteiger partial charge in [0.1, 0.15) is 0 Å². The second-order valence-corrected chi connectivity index (χ2v) is 5.84. The van der Waals surface area contributed by atoms with Crippen LogP contribution in [0.2, 0.25) is 0 Å². The van der Waals surface area contributed by atoms with Crippen LogP contribution < -0.4 is 11.1 Å². The first-order valence-electron chi connectivity index (χ1n) is 7.78. The number of hydrogen-bond donors (Lipinski definition) is 3. The summed E-state index contributed by atoms with van der Waals surface area (Å²) in [7, 11) is 0. The summed E-state index contributed by atoms with van der Waals surface area (Å²) >= 11 is 0. The van der Waals surface area contributed by atoms with Gasteiger partial charge in [-0.05, 0) is 44.1 Å². The zero-order valence-corrected chi connectivity index (χ0v) is 12.4. The van der Waals surface area contributed by atoms with Gasteiger partial charge >= 0.3 is 0 Å². The van der Waals surface area contributed by atoms with Gasteiger partial charge in [0.15, 0.2) is 0 Å². The fourth-order valence-corrected chi connectivity index (χ4v) is 3.01. The first-order valence-corrected chi connectivity index (χ1v) is 7.78. The third-order valence-electron chi connectivity index (χ3n) is 4.63. The van der Waals surface area contributed by atoms with Crippen molar-refractivity contribution in [1.29, 1.82) is 0 Å². The number of hydrogen-bond acceptors (Lipinski definition) is 3. The summed E-state index contributed by atoms with van der Waals surface area (Å²) in [5, 5.41) is 12.9.